The number of hydrogen-bond donors (Lipinski definition) is 5. The lowest BCUT2D eigenvalue weighted by Crippen LogP contribution is -2.32. The Balaban J connectivity index is 2.48. The van der Waals surface area contributed by atoms with Gasteiger partial charge in [-0.25, -0.2) is 4.79 Å². The third-order valence-corrected chi connectivity index (χ3v) is 4.72. The van der Waals surface area contributed by atoms with Crippen molar-refractivity contribution in [3.8, 4) is 5.75 Å². The molecule has 5 N–H and O–H groups in total. The largest absolute Gasteiger partial charge is 0.507 e. The number of nitrogens with one attached hydrogen (secondary N) is 1. The number of phenols is 1. The van der Waals surface area contributed by atoms with Crippen LogP contribution in [0.2, 0.25) is 0 Å². The van der Waals surface area contributed by atoms with Crippen LogP contribution in [0.1, 0.15) is 36.2 Å². The van der Waals surface area contributed by atoms with Crippen LogP contribution in [0.5, 0.6) is 5.75 Å². The van der Waals surface area contributed by atoms with E-state index in [2.05, 4.69) is 5.32 Å². The van der Waals surface area contributed by atoms with E-state index in [4.69, 9.17) is 9.84 Å². The first-order valence-electron chi connectivity index (χ1n) is 9.38. The number of ether oxygens (including phenoxy) is 1. The first-order chi connectivity index (χ1) is 14.1. The summed E-state index contributed by atoms with van der Waals surface area (Å²) < 4.78 is 5.41. The Kier molecular flexibility index (Phi) is 7.73. The van der Waals surface area contributed by atoms with Gasteiger partial charge in [-0.05, 0) is 31.1 Å². The minimum atomic E-state index is -1.62. The van der Waals surface area contributed by atoms with Crippen molar-refractivity contribution in [2.24, 2.45) is 5.92 Å². The predicted molar refractivity (Wildman–Crippen MR) is 108 cm³/mol. The van der Waals surface area contributed by atoms with Crippen LogP contribution in [0.15, 0.2) is 30.4 Å². The number of aromatic hydroxyl groups is 1. The molecule has 0 bridgehead atoms. The molecule has 9 heteroatoms. The maximum absolute atomic E-state index is 12.7. The average molecular weight is 419 g/mol. The van der Waals surface area contributed by atoms with Gasteiger partial charge in [-0.3, -0.25) is 9.59 Å². The van der Waals surface area contributed by atoms with Crippen molar-refractivity contribution < 1.29 is 39.5 Å². The van der Waals surface area contributed by atoms with Crippen molar-refractivity contribution >= 4 is 29.5 Å². The topological polar surface area (TPSA) is 153 Å². The zero-order valence-corrected chi connectivity index (χ0v) is 16.6. The number of esters is 1. The first kappa shape index (κ1) is 23.1. The van der Waals surface area contributed by atoms with Gasteiger partial charge in [-0.1, -0.05) is 25.2 Å². The van der Waals surface area contributed by atoms with Crippen LogP contribution in [0.4, 0.5) is 5.69 Å². The average Bonchev–Trinajstić information content (AvgIpc) is 2.68. The van der Waals surface area contributed by atoms with Gasteiger partial charge in [0.1, 0.15) is 30.1 Å². The molecule has 1 aliphatic heterocycles. The highest BCUT2D eigenvalue weighted by Crippen LogP contribution is 2.29. The second-order valence-electron chi connectivity index (χ2n) is 7.09. The number of rotatable bonds is 3. The van der Waals surface area contributed by atoms with Crippen LogP contribution >= 0.6 is 0 Å². The molecular weight excluding hydrogens is 394 g/mol. The van der Waals surface area contributed by atoms with Gasteiger partial charge in [-0.15, -0.1) is 0 Å². The van der Waals surface area contributed by atoms with Crippen LogP contribution < -0.4 is 5.32 Å². The summed E-state index contributed by atoms with van der Waals surface area (Å²) in [4.78, 5) is 35.5. The molecule has 4 atom stereocenters. The number of aliphatic hydroxyl groups is 2. The number of carbonyl (C=O) groups is 3. The van der Waals surface area contributed by atoms with Gasteiger partial charge in [0, 0.05) is 17.7 Å². The van der Waals surface area contributed by atoms with Crippen molar-refractivity contribution in [1.29, 1.82) is 0 Å². The lowest BCUT2D eigenvalue weighted by molar-refractivity contribution is -0.135. The number of anilines is 1. The molecule has 1 aliphatic rings. The second-order valence-corrected chi connectivity index (χ2v) is 7.09. The summed E-state index contributed by atoms with van der Waals surface area (Å²) in [6.45, 7) is 2.92. The molecule has 1 aromatic carbocycles. The number of aliphatic hydroxyl groups excluding tert-OH is 2. The molecule has 0 unspecified atom stereocenters. The molecule has 0 aromatic heterocycles. The van der Waals surface area contributed by atoms with E-state index in [1.807, 2.05) is 0 Å². The molecule has 0 saturated carbocycles. The van der Waals surface area contributed by atoms with E-state index in [1.165, 1.54) is 30.4 Å². The lowest BCUT2D eigenvalue weighted by Gasteiger charge is -2.20. The number of ketones is 1. The van der Waals surface area contributed by atoms with E-state index in [1.54, 1.807) is 13.8 Å². The fourth-order valence-electron chi connectivity index (χ4n) is 2.77. The maximum Gasteiger partial charge on any atom is 0.342 e. The predicted octanol–water partition coefficient (Wildman–Crippen LogP) is 1.33. The van der Waals surface area contributed by atoms with E-state index < -0.39 is 48.3 Å². The van der Waals surface area contributed by atoms with Gasteiger partial charge in [0.25, 0.3) is 0 Å². The molecule has 1 heterocycles. The Morgan fingerprint density at radius 3 is 2.57 bits per heavy atom. The van der Waals surface area contributed by atoms with Crippen molar-refractivity contribution in [3.05, 3.63) is 41.5 Å². The van der Waals surface area contributed by atoms with E-state index in [9.17, 15) is 29.7 Å². The Hall–Kier alpha value is -3.17. The van der Waals surface area contributed by atoms with Gasteiger partial charge in [0.05, 0.1) is 6.10 Å². The Labute approximate surface area is 173 Å². The monoisotopic (exact) mass is 419 g/mol. The summed E-state index contributed by atoms with van der Waals surface area (Å²) in [6.07, 6.45) is 1.71. The molecule has 162 valence electrons. The number of carbonyl (C=O) groups excluding carboxylic acids is 2. The fourth-order valence-corrected chi connectivity index (χ4v) is 2.77. The molecular formula is C21H25NO8. The number of hydrogen-bond acceptors (Lipinski definition) is 8. The molecule has 2 rings (SSSR count). The molecule has 0 aliphatic carbocycles. The number of carboxylic acids is 1. The quantitative estimate of drug-likeness (QED) is 0.457. The summed E-state index contributed by atoms with van der Waals surface area (Å²) in [5.74, 6) is -3.37. The molecule has 0 saturated heterocycles. The molecule has 0 spiro atoms. The molecule has 30 heavy (non-hydrogen) atoms. The first-order valence-corrected chi connectivity index (χ1v) is 9.38. The van der Waals surface area contributed by atoms with Crippen molar-refractivity contribution in [3.63, 3.8) is 0 Å². The number of cyclic esters (lactones) is 1. The zero-order chi connectivity index (χ0) is 22.4. The van der Waals surface area contributed by atoms with Gasteiger partial charge in [0.2, 0.25) is 0 Å². The summed E-state index contributed by atoms with van der Waals surface area (Å²) in [7, 11) is 0. The SMILES string of the molecule is C[C@@H]1/C=C\C(=O)[C@@H](O)[C@@H](O)C/C=C/c2cc(NCC(=O)O)cc(O)c2C(=O)O[C@H]1C. The summed E-state index contributed by atoms with van der Waals surface area (Å²) in [5.41, 5.74) is 0.346. The van der Waals surface area contributed by atoms with Crippen LogP contribution in [0.3, 0.4) is 0 Å². The van der Waals surface area contributed by atoms with Crippen LogP contribution in [0.25, 0.3) is 6.08 Å². The van der Waals surface area contributed by atoms with E-state index in [0.717, 1.165) is 6.08 Å². The van der Waals surface area contributed by atoms with Gasteiger partial charge < -0.3 is 30.5 Å². The van der Waals surface area contributed by atoms with Crippen LogP contribution in [0, 0.1) is 5.92 Å². The third-order valence-electron chi connectivity index (χ3n) is 4.72. The van der Waals surface area contributed by atoms with Gasteiger partial charge in [-0.2, -0.15) is 0 Å². The van der Waals surface area contributed by atoms with E-state index >= 15 is 0 Å². The minimum absolute atomic E-state index is 0.102. The van der Waals surface area contributed by atoms with Gasteiger partial charge in [0.15, 0.2) is 5.78 Å². The molecule has 0 radical (unpaired) electrons. The standard InChI is InChI=1S/C21H25NO8/c1-11-6-7-16(24)20(28)15(23)5-3-4-13-8-14(22-10-18(26)27)9-17(25)19(13)21(29)30-12(11)2/h3-4,6-9,11-12,15,20,22-23,25,28H,5,10H2,1-2H3,(H,26,27)/b4-3+,7-6-/t11-,12+,15+,20+/m1/s1. The normalized spacial score (nSPS) is 27.3. The van der Waals surface area contributed by atoms with Crippen molar-refractivity contribution in [2.45, 2.75) is 38.6 Å². The van der Waals surface area contributed by atoms with E-state index in [0.29, 0.717) is 0 Å². The number of phenolic OH excluding ortho intramolecular Hbond substituents is 1. The molecule has 1 aromatic rings. The molecule has 9 nitrogen and oxygen atoms in total. The summed E-state index contributed by atoms with van der Waals surface area (Å²) in [6, 6.07) is 2.66. The van der Waals surface area contributed by atoms with Crippen LogP contribution in [-0.2, 0) is 14.3 Å². The number of fused-ring (bicyclic) bond motifs is 1. The highest BCUT2D eigenvalue weighted by atomic mass is 16.5. The number of carboxylic acid groups (broad SMARTS) is 1. The Morgan fingerprint density at radius 2 is 1.90 bits per heavy atom. The third kappa shape index (κ3) is 5.91. The van der Waals surface area contributed by atoms with Gasteiger partial charge >= 0.3 is 11.9 Å². The smallest absolute Gasteiger partial charge is 0.342 e. The van der Waals surface area contributed by atoms with Crippen molar-refractivity contribution in [2.75, 3.05) is 11.9 Å². The summed E-state index contributed by atoms with van der Waals surface area (Å²) in [5, 5.41) is 41.8. The fraction of sp³-hybridized carbons (Fsp3) is 0.381. The summed E-state index contributed by atoms with van der Waals surface area (Å²) >= 11 is 0. The van der Waals surface area contributed by atoms with E-state index in [-0.39, 0.29) is 29.2 Å². The molecule has 0 amide bonds. The minimum Gasteiger partial charge on any atom is -0.507 e. The highest BCUT2D eigenvalue weighted by Gasteiger charge is 2.25. The second kappa shape index (κ2) is 10.0. The van der Waals surface area contributed by atoms with Crippen molar-refractivity contribution in [1.82, 2.24) is 0 Å². The number of aliphatic carboxylic acids is 1. The Morgan fingerprint density at radius 1 is 1.20 bits per heavy atom. The maximum atomic E-state index is 12.7. The molecule has 0 fully saturated rings. The lowest BCUT2D eigenvalue weighted by atomic mass is 9.99. The van der Waals surface area contributed by atoms with Crippen LogP contribution in [-0.4, -0.2) is 63.0 Å². The zero-order valence-electron chi connectivity index (χ0n) is 16.6. The number of benzene rings is 1. The highest BCUT2D eigenvalue weighted by molar-refractivity contribution is 5.98. The Bertz CT molecular complexity index is 876.